The van der Waals surface area contributed by atoms with Crippen LogP contribution in [0.4, 0.5) is 5.82 Å². The van der Waals surface area contributed by atoms with Crippen LogP contribution in [0.3, 0.4) is 0 Å². The molecule has 8 heteroatoms. The molecular weight excluding hydrogens is 467 g/mol. The molecular formula is C20H37IN6O. The quantitative estimate of drug-likeness (QED) is 0.209. The first-order chi connectivity index (χ1) is 13.2. The Bertz CT molecular complexity index is 565. The molecule has 1 fully saturated rings. The van der Waals surface area contributed by atoms with Gasteiger partial charge < -0.3 is 25.2 Å². The maximum atomic E-state index is 5.10. The van der Waals surface area contributed by atoms with E-state index in [1.54, 1.807) is 7.11 Å². The molecule has 7 nitrogen and oxygen atoms in total. The van der Waals surface area contributed by atoms with Crippen molar-refractivity contribution in [3.05, 3.63) is 23.9 Å². The number of halogens is 1. The van der Waals surface area contributed by atoms with Crippen molar-refractivity contribution in [2.75, 3.05) is 64.9 Å². The summed E-state index contributed by atoms with van der Waals surface area (Å²) < 4.78 is 5.10. The zero-order valence-electron chi connectivity index (χ0n) is 17.6. The van der Waals surface area contributed by atoms with Crippen LogP contribution in [-0.4, -0.2) is 75.9 Å². The number of likely N-dealkylation sites (N-methyl/N-ethyl adjacent to an activating group) is 1. The molecule has 0 aliphatic carbocycles. The summed E-state index contributed by atoms with van der Waals surface area (Å²) in [5.74, 6) is 1.94. The Hall–Kier alpha value is -1.13. The van der Waals surface area contributed by atoms with Crippen LogP contribution >= 0.6 is 24.0 Å². The molecule has 0 saturated carbocycles. The fourth-order valence-corrected chi connectivity index (χ4v) is 3.15. The summed E-state index contributed by atoms with van der Waals surface area (Å²) in [4.78, 5) is 13.9. The van der Waals surface area contributed by atoms with Crippen molar-refractivity contribution in [1.29, 1.82) is 0 Å². The first-order valence-electron chi connectivity index (χ1n) is 10.1. The van der Waals surface area contributed by atoms with Crippen LogP contribution in [0.15, 0.2) is 23.3 Å². The van der Waals surface area contributed by atoms with Gasteiger partial charge in [0.2, 0.25) is 0 Å². The lowest BCUT2D eigenvalue weighted by Crippen LogP contribution is -2.41. The molecule has 1 aromatic heterocycles. The van der Waals surface area contributed by atoms with E-state index in [2.05, 4.69) is 51.5 Å². The summed E-state index contributed by atoms with van der Waals surface area (Å²) in [7, 11) is 3.88. The van der Waals surface area contributed by atoms with E-state index in [1.165, 1.54) is 18.4 Å². The third-order valence-corrected chi connectivity index (χ3v) is 4.68. The smallest absolute Gasteiger partial charge is 0.191 e. The van der Waals surface area contributed by atoms with Gasteiger partial charge in [-0.05, 0) is 50.9 Å². The number of anilines is 1. The highest BCUT2D eigenvalue weighted by Gasteiger charge is 2.13. The zero-order chi connectivity index (χ0) is 19.3. The van der Waals surface area contributed by atoms with E-state index in [4.69, 9.17) is 9.73 Å². The SMILES string of the molecule is CCNC(=NCc1ccnc(N2CCCC2)c1)NCCN(C)CCCOC.I. The van der Waals surface area contributed by atoms with Crippen molar-refractivity contribution in [3.8, 4) is 0 Å². The fourth-order valence-electron chi connectivity index (χ4n) is 3.15. The molecule has 2 heterocycles. The molecule has 1 saturated heterocycles. The standard InChI is InChI=1S/C20H36N6O.HI/c1-4-21-20(23-10-14-25(2)11-7-15-27-3)24-17-18-8-9-22-19(16-18)26-12-5-6-13-26;/h8-9,16H,4-7,10-15,17H2,1-3H3,(H2,21,23,24);1H. The molecule has 1 aliphatic rings. The highest BCUT2D eigenvalue weighted by atomic mass is 127. The lowest BCUT2D eigenvalue weighted by atomic mass is 10.2. The Morgan fingerprint density at radius 2 is 2.07 bits per heavy atom. The second-order valence-corrected chi connectivity index (χ2v) is 6.99. The number of hydrogen-bond acceptors (Lipinski definition) is 5. The molecule has 0 atom stereocenters. The monoisotopic (exact) mass is 504 g/mol. The molecule has 1 aromatic rings. The lowest BCUT2D eigenvalue weighted by Gasteiger charge is -2.18. The Morgan fingerprint density at radius 1 is 1.29 bits per heavy atom. The fraction of sp³-hybridized carbons (Fsp3) is 0.700. The summed E-state index contributed by atoms with van der Waals surface area (Å²) >= 11 is 0. The topological polar surface area (TPSA) is 65.0 Å². The van der Waals surface area contributed by atoms with Crippen molar-refractivity contribution in [2.24, 2.45) is 4.99 Å². The first kappa shape index (κ1) is 24.9. The maximum Gasteiger partial charge on any atom is 0.191 e. The maximum absolute atomic E-state index is 5.10. The summed E-state index contributed by atoms with van der Waals surface area (Å²) in [6.45, 7) is 9.52. The van der Waals surface area contributed by atoms with Crippen LogP contribution in [0.25, 0.3) is 0 Å². The van der Waals surface area contributed by atoms with Gasteiger partial charge in [-0.3, -0.25) is 0 Å². The highest BCUT2D eigenvalue weighted by molar-refractivity contribution is 14.0. The normalized spacial score (nSPS) is 14.3. The second-order valence-electron chi connectivity index (χ2n) is 6.99. The number of methoxy groups -OCH3 is 1. The van der Waals surface area contributed by atoms with Gasteiger partial charge in [0.15, 0.2) is 5.96 Å². The molecule has 1 aliphatic heterocycles. The van der Waals surface area contributed by atoms with Crippen molar-refractivity contribution in [1.82, 2.24) is 20.5 Å². The Kier molecular flexibility index (Phi) is 13.2. The summed E-state index contributed by atoms with van der Waals surface area (Å²) in [5.41, 5.74) is 1.20. The third-order valence-electron chi connectivity index (χ3n) is 4.68. The van der Waals surface area contributed by atoms with E-state index in [0.717, 1.165) is 64.1 Å². The van der Waals surface area contributed by atoms with E-state index in [1.807, 2.05) is 6.20 Å². The molecule has 0 unspecified atom stereocenters. The zero-order valence-corrected chi connectivity index (χ0v) is 19.9. The number of ether oxygens (including phenoxy) is 1. The summed E-state index contributed by atoms with van der Waals surface area (Å²) in [5, 5.41) is 6.74. The minimum absolute atomic E-state index is 0. The first-order valence-corrected chi connectivity index (χ1v) is 10.1. The number of aromatic nitrogens is 1. The molecule has 28 heavy (non-hydrogen) atoms. The average molecular weight is 504 g/mol. The predicted octanol–water partition coefficient (Wildman–Crippen LogP) is 2.32. The number of rotatable bonds is 11. The van der Waals surface area contributed by atoms with Gasteiger partial charge in [-0.15, -0.1) is 24.0 Å². The Balaban J connectivity index is 0.00000392. The Morgan fingerprint density at radius 3 is 2.79 bits per heavy atom. The minimum Gasteiger partial charge on any atom is -0.385 e. The van der Waals surface area contributed by atoms with E-state index in [0.29, 0.717) is 6.54 Å². The second kappa shape index (κ2) is 14.8. The average Bonchev–Trinajstić information content (AvgIpc) is 3.21. The van der Waals surface area contributed by atoms with Crippen molar-refractivity contribution in [2.45, 2.75) is 32.7 Å². The molecule has 0 aromatic carbocycles. The number of nitrogens with one attached hydrogen (secondary N) is 2. The molecule has 0 radical (unpaired) electrons. The van der Waals surface area contributed by atoms with Crippen molar-refractivity contribution >= 4 is 35.8 Å². The molecule has 2 rings (SSSR count). The molecule has 0 spiro atoms. The summed E-state index contributed by atoms with van der Waals surface area (Å²) in [6, 6.07) is 4.22. The van der Waals surface area contributed by atoms with Crippen LogP contribution in [0.5, 0.6) is 0 Å². The van der Waals surface area contributed by atoms with Crippen LogP contribution in [0.2, 0.25) is 0 Å². The van der Waals surface area contributed by atoms with Gasteiger partial charge in [0, 0.05) is 59.2 Å². The molecule has 2 N–H and O–H groups in total. The van der Waals surface area contributed by atoms with Gasteiger partial charge >= 0.3 is 0 Å². The van der Waals surface area contributed by atoms with E-state index < -0.39 is 0 Å². The predicted molar refractivity (Wildman–Crippen MR) is 128 cm³/mol. The summed E-state index contributed by atoms with van der Waals surface area (Å²) in [6.07, 6.45) is 5.48. The largest absolute Gasteiger partial charge is 0.385 e. The number of nitrogens with zero attached hydrogens (tertiary/aromatic N) is 4. The number of guanidine groups is 1. The van der Waals surface area contributed by atoms with Crippen molar-refractivity contribution in [3.63, 3.8) is 0 Å². The number of pyridine rings is 1. The molecule has 160 valence electrons. The van der Waals surface area contributed by atoms with Gasteiger partial charge in [0.1, 0.15) is 5.82 Å². The van der Waals surface area contributed by atoms with E-state index >= 15 is 0 Å². The minimum atomic E-state index is 0. The number of aliphatic imine (C=N–C) groups is 1. The lowest BCUT2D eigenvalue weighted by molar-refractivity contribution is 0.180. The van der Waals surface area contributed by atoms with E-state index in [9.17, 15) is 0 Å². The highest BCUT2D eigenvalue weighted by Crippen LogP contribution is 2.18. The third kappa shape index (κ3) is 9.38. The van der Waals surface area contributed by atoms with Gasteiger partial charge in [-0.25, -0.2) is 9.98 Å². The number of hydrogen-bond donors (Lipinski definition) is 2. The van der Waals surface area contributed by atoms with Gasteiger partial charge in [0.25, 0.3) is 0 Å². The van der Waals surface area contributed by atoms with Gasteiger partial charge in [-0.1, -0.05) is 0 Å². The molecule has 0 amide bonds. The Labute approximate surface area is 187 Å². The van der Waals surface area contributed by atoms with Crippen LogP contribution in [0, 0.1) is 0 Å². The van der Waals surface area contributed by atoms with Gasteiger partial charge in [0.05, 0.1) is 6.54 Å². The van der Waals surface area contributed by atoms with Crippen LogP contribution < -0.4 is 15.5 Å². The van der Waals surface area contributed by atoms with E-state index in [-0.39, 0.29) is 24.0 Å². The van der Waals surface area contributed by atoms with Crippen molar-refractivity contribution < 1.29 is 4.74 Å². The molecule has 0 bridgehead atoms. The van der Waals surface area contributed by atoms with Crippen LogP contribution in [-0.2, 0) is 11.3 Å². The van der Waals surface area contributed by atoms with Gasteiger partial charge in [-0.2, -0.15) is 0 Å². The van der Waals surface area contributed by atoms with Crippen LogP contribution in [0.1, 0.15) is 31.7 Å².